The van der Waals surface area contributed by atoms with Crippen molar-refractivity contribution in [1.82, 2.24) is 24.1 Å². The number of nitrogens with two attached hydrogens (primary N) is 1. The molecule has 160 valence electrons. The summed E-state index contributed by atoms with van der Waals surface area (Å²) in [5.41, 5.74) is 11.0. The smallest absolute Gasteiger partial charge is 0.331 e. The average Bonchev–Trinajstić information content (AvgIpc) is 2.96. The largest absolute Gasteiger partial charge is 0.496 e. The van der Waals surface area contributed by atoms with E-state index in [2.05, 4.69) is 15.0 Å². The van der Waals surface area contributed by atoms with E-state index in [4.69, 9.17) is 22.1 Å². The zero-order valence-corrected chi connectivity index (χ0v) is 18.6. The minimum absolute atomic E-state index is 0.00474. The van der Waals surface area contributed by atoms with Gasteiger partial charge in [0, 0.05) is 17.3 Å². The second-order valence-electron chi connectivity index (χ2n) is 7.53. The second kappa shape index (κ2) is 8.03. The van der Waals surface area contributed by atoms with Crippen molar-refractivity contribution in [2.45, 2.75) is 33.9 Å². The number of aromatic nitrogens is 5. The first kappa shape index (κ1) is 20.9. The highest BCUT2D eigenvalue weighted by atomic mass is 35.5. The Morgan fingerprint density at radius 1 is 1.13 bits per heavy atom. The fraction of sp³-hybridized carbons (Fsp3) is 0.273. The number of methoxy groups -OCH3 is 1. The van der Waals surface area contributed by atoms with Crippen molar-refractivity contribution in [3.05, 3.63) is 74.0 Å². The van der Waals surface area contributed by atoms with E-state index in [1.54, 1.807) is 17.9 Å². The predicted molar refractivity (Wildman–Crippen MR) is 121 cm³/mol. The summed E-state index contributed by atoms with van der Waals surface area (Å²) in [4.78, 5) is 26.4. The van der Waals surface area contributed by atoms with Crippen molar-refractivity contribution < 1.29 is 4.74 Å². The summed E-state index contributed by atoms with van der Waals surface area (Å²) in [6, 6.07) is 7.95. The number of hydrogen-bond acceptors (Lipinski definition) is 6. The third kappa shape index (κ3) is 3.74. The van der Waals surface area contributed by atoms with Gasteiger partial charge in [0.2, 0.25) is 5.95 Å². The predicted octanol–water partition coefficient (Wildman–Crippen LogP) is 3.25. The number of hydrogen-bond donors (Lipinski definition) is 1. The summed E-state index contributed by atoms with van der Waals surface area (Å²) in [6.07, 6.45) is 1.73. The van der Waals surface area contributed by atoms with Gasteiger partial charge in [-0.2, -0.15) is 9.97 Å². The van der Waals surface area contributed by atoms with Gasteiger partial charge in [-0.1, -0.05) is 41.4 Å². The molecule has 0 radical (unpaired) electrons. The van der Waals surface area contributed by atoms with Crippen LogP contribution in [0.2, 0.25) is 5.15 Å². The summed E-state index contributed by atoms with van der Waals surface area (Å²) < 4.78 is 8.61. The van der Waals surface area contributed by atoms with Crippen LogP contribution in [0.1, 0.15) is 27.9 Å². The SMILES string of the molecule is COc1c(C)cnc(Cn2c(=O)n(Cc3cccc(C)c3)c3c(Cl)nc(N)nc32)c1C. The van der Waals surface area contributed by atoms with Gasteiger partial charge < -0.3 is 10.5 Å². The van der Waals surface area contributed by atoms with E-state index in [1.807, 2.05) is 45.0 Å². The lowest BCUT2D eigenvalue weighted by Crippen LogP contribution is -2.26. The highest BCUT2D eigenvalue weighted by molar-refractivity contribution is 6.33. The molecule has 0 aliphatic heterocycles. The number of ether oxygens (including phenoxy) is 1. The molecular weight excluding hydrogens is 416 g/mol. The van der Waals surface area contributed by atoms with Crippen LogP contribution in [0.3, 0.4) is 0 Å². The number of nitrogen functional groups attached to an aromatic ring is 1. The van der Waals surface area contributed by atoms with Crippen LogP contribution in [0.25, 0.3) is 11.2 Å². The van der Waals surface area contributed by atoms with Gasteiger partial charge >= 0.3 is 5.69 Å². The van der Waals surface area contributed by atoms with Crippen molar-refractivity contribution in [3.63, 3.8) is 0 Å². The van der Waals surface area contributed by atoms with Gasteiger partial charge in [0.05, 0.1) is 25.9 Å². The van der Waals surface area contributed by atoms with Crippen LogP contribution < -0.4 is 16.2 Å². The lowest BCUT2D eigenvalue weighted by atomic mass is 10.1. The van der Waals surface area contributed by atoms with Crippen molar-refractivity contribution in [2.24, 2.45) is 0 Å². The Labute approximate surface area is 184 Å². The Morgan fingerprint density at radius 2 is 1.90 bits per heavy atom. The first-order chi connectivity index (χ1) is 14.8. The molecule has 0 spiro atoms. The van der Waals surface area contributed by atoms with Gasteiger partial charge in [0.1, 0.15) is 11.3 Å². The van der Waals surface area contributed by atoms with E-state index in [9.17, 15) is 4.79 Å². The van der Waals surface area contributed by atoms with E-state index in [0.717, 1.165) is 28.0 Å². The summed E-state index contributed by atoms with van der Waals surface area (Å²) in [5.74, 6) is 0.749. The number of pyridine rings is 1. The molecule has 0 aliphatic rings. The maximum atomic E-state index is 13.5. The van der Waals surface area contributed by atoms with Gasteiger partial charge in [0.25, 0.3) is 0 Å². The zero-order valence-electron chi connectivity index (χ0n) is 17.8. The fourth-order valence-corrected chi connectivity index (χ4v) is 4.12. The molecule has 9 heteroatoms. The molecular formula is C22H23ClN6O2. The monoisotopic (exact) mass is 438 g/mol. The van der Waals surface area contributed by atoms with Gasteiger partial charge in [-0.05, 0) is 26.3 Å². The molecule has 1 aromatic carbocycles. The van der Waals surface area contributed by atoms with E-state index in [-0.39, 0.29) is 23.3 Å². The standard InChI is InChI=1S/C22H23ClN6O2/c1-12-6-5-7-15(8-12)10-28-17-19(23)26-21(24)27-20(17)29(22(28)30)11-16-14(3)18(31-4)13(2)9-25-16/h5-9H,10-11H2,1-4H3,(H2,24,26,27). The third-order valence-electron chi connectivity index (χ3n) is 5.31. The summed E-state index contributed by atoms with van der Waals surface area (Å²) in [6.45, 7) is 6.38. The van der Waals surface area contributed by atoms with Crippen LogP contribution in [0.5, 0.6) is 5.75 Å². The Kier molecular flexibility index (Phi) is 5.41. The molecule has 0 aliphatic carbocycles. The molecule has 3 aromatic heterocycles. The Hall–Kier alpha value is -3.39. The molecule has 0 bridgehead atoms. The quantitative estimate of drug-likeness (QED) is 0.480. The summed E-state index contributed by atoms with van der Waals surface area (Å²) >= 11 is 6.41. The van der Waals surface area contributed by atoms with Crippen LogP contribution in [0.15, 0.2) is 35.3 Å². The topological polar surface area (TPSA) is 101 Å². The van der Waals surface area contributed by atoms with Crippen molar-refractivity contribution >= 4 is 28.7 Å². The minimum atomic E-state index is -0.265. The van der Waals surface area contributed by atoms with E-state index in [0.29, 0.717) is 23.4 Å². The zero-order chi connectivity index (χ0) is 22.3. The van der Waals surface area contributed by atoms with Crippen LogP contribution in [0, 0.1) is 20.8 Å². The maximum Gasteiger partial charge on any atom is 0.331 e. The Morgan fingerprint density at radius 3 is 2.61 bits per heavy atom. The summed E-state index contributed by atoms with van der Waals surface area (Å²) in [5, 5.41) is 0.136. The molecule has 3 heterocycles. The fourth-order valence-electron chi connectivity index (χ4n) is 3.85. The second-order valence-corrected chi connectivity index (χ2v) is 7.89. The van der Waals surface area contributed by atoms with Gasteiger partial charge in [-0.3, -0.25) is 14.1 Å². The molecule has 0 saturated heterocycles. The molecule has 4 aromatic rings. The molecule has 31 heavy (non-hydrogen) atoms. The number of rotatable bonds is 5. The number of anilines is 1. The first-order valence-corrected chi connectivity index (χ1v) is 10.1. The van der Waals surface area contributed by atoms with Crippen LogP contribution in [0.4, 0.5) is 5.95 Å². The van der Waals surface area contributed by atoms with Crippen LogP contribution >= 0.6 is 11.6 Å². The first-order valence-electron chi connectivity index (χ1n) is 9.76. The van der Waals surface area contributed by atoms with Gasteiger partial charge in [-0.15, -0.1) is 0 Å². The number of imidazole rings is 1. The molecule has 0 amide bonds. The van der Waals surface area contributed by atoms with Gasteiger partial charge in [0.15, 0.2) is 10.8 Å². The molecule has 0 atom stereocenters. The molecule has 4 rings (SSSR count). The Bertz CT molecular complexity index is 1360. The molecule has 8 nitrogen and oxygen atoms in total. The number of nitrogens with zero attached hydrogens (tertiary/aromatic N) is 5. The number of fused-ring (bicyclic) bond motifs is 1. The average molecular weight is 439 g/mol. The molecule has 0 saturated carbocycles. The van der Waals surface area contributed by atoms with Gasteiger partial charge in [-0.25, -0.2) is 4.79 Å². The molecule has 0 unspecified atom stereocenters. The minimum Gasteiger partial charge on any atom is -0.496 e. The normalized spacial score (nSPS) is 11.3. The third-order valence-corrected chi connectivity index (χ3v) is 5.57. The highest BCUT2D eigenvalue weighted by Crippen LogP contribution is 2.26. The van der Waals surface area contributed by atoms with Crippen molar-refractivity contribution in [2.75, 3.05) is 12.8 Å². The Balaban J connectivity index is 1.90. The van der Waals surface area contributed by atoms with Crippen molar-refractivity contribution in [1.29, 1.82) is 0 Å². The lowest BCUT2D eigenvalue weighted by Gasteiger charge is -2.12. The highest BCUT2D eigenvalue weighted by Gasteiger charge is 2.21. The van der Waals surface area contributed by atoms with E-state index in [1.165, 1.54) is 4.57 Å². The molecule has 2 N–H and O–H groups in total. The van der Waals surface area contributed by atoms with Crippen LogP contribution in [-0.4, -0.2) is 31.2 Å². The lowest BCUT2D eigenvalue weighted by molar-refractivity contribution is 0.406. The van der Waals surface area contributed by atoms with E-state index < -0.39 is 0 Å². The van der Waals surface area contributed by atoms with E-state index >= 15 is 0 Å². The maximum absolute atomic E-state index is 13.5. The number of aryl methyl sites for hydroxylation is 2. The van der Waals surface area contributed by atoms with Crippen LogP contribution in [-0.2, 0) is 13.1 Å². The number of benzene rings is 1. The van der Waals surface area contributed by atoms with Crippen molar-refractivity contribution in [3.8, 4) is 5.75 Å². The number of halogens is 1. The molecule has 0 fully saturated rings. The summed E-state index contributed by atoms with van der Waals surface area (Å²) in [7, 11) is 1.62.